The van der Waals surface area contributed by atoms with Crippen LogP contribution in [0.3, 0.4) is 0 Å². The van der Waals surface area contributed by atoms with Crippen molar-refractivity contribution < 1.29 is 5.11 Å². The molecule has 46 valence electrons. The second-order valence-electron chi connectivity index (χ2n) is 0.455. The summed E-state index contributed by atoms with van der Waals surface area (Å²) in [5, 5.41) is 13.1. The van der Waals surface area contributed by atoms with Crippen LogP contribution in [0, 0.1) is 5.41 Å². The molecule has 0 aliphatic heterocycles. The number of nitrogens with two attached hydrogens (primary N) is 2. The van der Waals surface area contributed by atoms with Crippen molar-refractivity contribution >= 4 is 18.4 Å². The van der Waals surface area contributed by atoms with Crippen molar-refractivity contribution in [3.8, 4) is 0 Å². The second-order valence-corrected chi connectivity index (χ2v) is 0.455. The molecule has 0 radical (unpaired) electrons. The van der Waals surface area contributed by atoms with E-state index in [9.17, 15) is 0 Å². The Balaban J connectivity index is -0.0000000480. The third-order valence-corrected chi connectivity index (χ3v) is 0. The van der Waals surface area contributed by atoms with Crippen LogP contribution in [0.2, 0.25) is 0 Å². The van der Waals surface area contributed by atoms with Gasteiger partial charge < -0.3 is 16.6 Å². The Kier molecular flexibility index (Phi) is 40.7. The normalized spacial score (nSPS) is 4.29. The van der Waals surface area contributed by atoms with Crippen LogP contribution in [-0.4, -0.2) is 18.2 Å². The molecule has 0 unspecified atom stereocenters. The monoisotopic (exact) mass is 127 g/mol. The lowest BCUT2D eigenvalue weighted by atomic mass is 11.1. The smallest absolute Gasteiger partial charge is 0.183 e. The van der Waals surface area contributed by atoms with Gasteiger partial charge >= 0.3 is 0 Å². The first-order chi connectivity index (χ1) is 2.73. The van der Waals surface area contributed by atoms with Gasteiger partial charge in [-0.2, -0.15) is 0 Å². The molecule has 5 heteroatoms. The third-order valence-electron chi connectivity index (χ3n) is 0. The zero-order valence-electron chi connectivity index (χ0n) is 4.01. The highest BCUT2D eigenvalue weighted by molar-refractivity contribution is 5.85. The van der Waals surface area contributed by atoms with Gasteiger partial charge in [0.1, 0.15) is 0 Å². The number of aliphatic hydroxyl groups is 1. The van der Waals surface area contributed by atoms with E-state index in [2.05, 4.69) is 11.5 Å². The van der Waals surface area contributed by atoms with E-state index in [1.54, 1.807) is 0 Å². The van der Waals surface area contributed by atoms with Crippen LogP contribution in [0.25, 0.3) is 0 Å². The Bertz CT molecular complexity index is 35.9. The molecule has 0 atom stereocenters. The molecular formula is C2H10ClN3O. The summed E-state index contributed by atoms with van der Waals surface area (Å²) in [6, 6.07) is 0. The van der Waals surface area contributed by atoms with E-state index >= 15 is 0 Å². The van der Waals surface area contributed by atoms with Gasteiger partial charge in [-0.1, -0.05) is 0 Å². The predicted molar refractivity (Wildman–Crippen MR) is 31.5 cm³/mol. The lowest BCUT2D eigenvalue weighted by Gasteiger charge is -1.69. The molecule has 0 aromatic carbocycles. The Hall–Kier alpha value is -0.480. The van der Waals surface area contributed by atoms with Gasteiger partial charge in [0.2, 0.25) is 0 Å². The summed E-state index contributed by atoms with van der Waals surface area (Å²) in [7, 11) is 1.00. The first-order valence-electron chi connectivity index (χ1n) is 1.27. The van der Waals surface area contributed by atoms with Gasteiger partial charge in [0.05, 0.1) is 0 Å². The highest BCUT2D eigenvalue weighted by Crippen LogP contribution is 1.13. The van der Waals surface area contributed by atoms with Gasteiger partial charge in [-0.3, -0.25) is 5.41 Å². The van der Waals surface area contributed by atoms with Crippen molar-refractivity contribution in [2.24, 2.45) is 11.5 Å². The van der Waals surface area contributed by atoms with Gasteiger partial charge in [0.25, 0.3) is 0 Å². The molecule has 0 aromatic heterocycles. The van der Waals surface area contributed by atoms with E-state index in [0.717, 1.165) is 7.11 Å². The maximum atomic E-state index is 7.00. The van der Waals surface area contributed by atoms with E-state index < -0.39 is 0 Å². The molecule has 0 rings (SSSR count). The molecule has 0 aliphatic carbocycles. The number of hydrogen-bond donors (Lipinski definition) is 4. The van der Waals surface area contributed by atoms with Crippen molar-refractivity contribution in [1.29, 1.82) is 5.41 Å². The van der Waals surface area contributed by atoms with Crippen LogP contribution < -0.4 is 11.5 Å². The molecule has 0 heterocycles. The molecule has 4 nitrogen and oxygen atoms in total. The fourth-order valence-corrected chi connectivity index (χ4v) is 0. The van der Waals surface area contributed by atoms with E-state index in [1.807, 2.05) is 0 Å². The molecule has 0 saturated heterocycles. The van der Waals surface area contributed by atoms with Crippen LogP contribution in [0.4, 0.5) is 0 Å². The minimum atomic E-state index is -0.333. The minimum Gasteiger partial charge on any atom is -0.400 e. The number of guanidine groups is 1. The standard InChI is InChI=1S/CH5N3.CH4O.ClH/c2-1(3)4;1-2;/h(H5,2,3,4);2H,1H3;1H. The van der Waals surface area contributed by atoms with Crippen LogP contribution in [0.1, 0.15) is 0 Å². The van der Waals surface area contributed by atoms with Gasteiger partial charge in [-0.15, -0.1) is 12.4 Å². The average molecular weight is 128 g/mol. The maximum Gasteiger partial charge on any atom is 0.183 e. The zero-order chi connectivity index (χ0) is 5.58. The summed E-state index contributed by atoms with van der Waals surface area (Å²) in [5.41, 5.74) is 8.94. The summed E-state index contributed by atoms with van der Waals surface area (Å²) in [6.45, 7) is 0. The molecule has 0 saturated carbocycles. The first kappa shape index (κ1) is 16.0. The van der Waals surface area contributed by atoms with Crippen LogP contribution >= 0.6 is 12.4 Å². The Morgan fingerprint density at radius 1 is 1.43 bits per heavy atom. The number of rotatable bonds is 0. The summed E-state index contributed by atoms with van der Waals surface area (Å²) < 4.78 is 0. The van der Waals surface area contributed by atoms with Crippen molar-refractivity contribution in [3.63, 3.8) is 0 Å². The Morgan fingerprint density at radius 3 is 1.43 bits per heavy atom. The van der Waals surface area contributed by atoms with Crippen LogP contribution in [-0.2, 0) is 0 Å². The number of aliphatic hydroxyl groups excluding tert-OH is 1. The van der Waals surface area contributed by atoms with Crippen LogP contribution in [0.5, 0.6) is 0 Å². The molecule has 0 aromatic rings. The van der Waals surface area contributed by atoms with Crippen molar-refractivity contribution in [2.45, 2.75) is 0 Å². The molecule has 7 heavy (non-hydrogen) atoms. The lowest BCUT2D eigenvalue weighted by molar-refractivity contribution is 0.399. The Labute approximate surface area is 48.4 Å². The highest BCUT2D eigenvalue weighted by Gasteiger charge is 1.52. The van der Waals surface area contributed by atoms with Crippen molar-refractivity contribution in [1.82, 2.24) is 0 Å². The molecular weight excluding hydrogens is 117 g/mol. The van der Waals surface area contributed by atoms with Gasteiger partial charge in [0, 0.05) is 7.11 Å². The van der Waals surface area contributed by atoms with Gasteiger partial charge in [-0.05, 0) is 0 Å². The van der Waals surface area contributed by atoms with E-state index in [1.165, 1.54) is 0 Å². The third kappa shape index (κ3) is 297. The predicted octanol–water partition coefficient (Wildman–Crippen LogP) is -1.13. The fourth-order valence-electron chi connectivity index (χ4n) is 0. The average Bonchev–Trinajstić information content (AvgIpc) is 1.41. The van der Waals surface area contributed by atoms with Gasteiger partial charge in [-0.25, -0.2) is 0 Å². The van der Waals surface area contributed by atoms with E-state index in [0.29, 0.717) is 0 Å². The number of hydrogen-bond acceptors (Lipinski definition) is 2. The van der Waals surface area contributed by atoms with Crippen molar-refractivity contribution in [2.75, 3.05) is 7.11 Å². The summed E-state index contributed by atoms with van der Waals surface area (Å²) in [4.78, 5) is 0. The van der Waals surface area contributed by atoms with E-state index in [4.69, 9.17) is 10.5 Å². The minimum absolute atomic E-state index is 0. The largest absolute Gasteiger partial charge is 0.400 e. The maximum absolute atomic E-state index is 7.00. The molecule has 0 spiro atoms. The number of nitrogens with one attached hydrogen (secondary N) is 1. The summed E-state index contributed by atoms with van der Waals surface area (Å²) in [5.74, 6) is -0.333. The lowest BCUT2D eigenvalue weighted by Crippen LogP contribution is -2.20. The SMILES string of the molecule is CO.Cl.N=C(N)N. The van der Waals surface area contributed by atoms with Crippen LogP contribution in [0.15, 0.2) is 0 Å². The highest BCUT2D eigenvalue weighted by atomic mass is 35.5. The molecule has 6 N–H and O–H groups in total. The van der Waals surface area contributed by atoms with Gasteiger partial charge in [0.15, 0.2) is 5.96 Å². The summed E-state index contributed by atoms with van der Waals surface area (Å²) in [6.07, 6.45) is 0. The summed E-state index contributed by atoms with van der Waals surface area (Å²) >= 11 is 0. The molecule has 0 amide bonds. The second kappa shape index (κ2) is 17.8. The molecule has 0 fully saturated rings. The number of halogens is 1. The fraction of sp³-hybridized carbons (Fsp3) is 0.500. The van der Waals surface area contributed by atoms with Crippen molar-refractivity contribution in [3.05, 3.63) is 0 Å². The molecule has 0 aliphatic rings. The quantitative estimate of drug-likeness (QED) is 0.245. The van der Waals surface area contributed by atoms with E-state index in [-0.39, 0.29) is 18.4 Å². The molecule has 0 bridgehead atoms. The first-order valence-corrected chi connectivity index (χ1v) is 1.27. The zero-order valence-corrected chi connectivity index (χ0v) is 4.83. The Morgan fingerprint density at radius 2 is 1.43 bits per heavy atom. The topological polar surface area (TPSA) is 96.1 Å².